The van der Waals surface area contributed by atoms with Crippen LogP contribution in [0.25, 0.3) is 0 Å². The van der Waals surface area contributed by atoms with Crippen molar-refractivity contribution < 1.29 is 9.53 Å². The van der Waals surface area contributed by atoms with E-state index in [1.165, 1.54) is 5.56 Å². The fraction of sp³-hybridized carbons (Fsp3) is 0.571. The number of carbonyl (C=O) groups excluding carboxylic acids is 1. The van der Waals surface area contributed by atoms with E-state index in [1.807, 2.05) is 11.0 Å². The molecule has 2 aliphatic rings. The lowest BCUT2D eigenvalue weighted by atomic mass is 9.90. The number of amides is 1. The van der Waals surface area contributed by atoms with Crippen molar-refractivity contribution in [2.24, 2.45) is 0 Å². The van der Waals surface area contributed by atoms with Crippen molar-refractivity contribution in [2.45, 2.75) is 50.8 Å². The van der Waals surface area contributed by atoms with Crippen molar-refractivity contribution in [1.29, 1.82) is 0 Å². The molecule has 3 heterocycles. The lowest BCUT2D eigenvalue weighted by Gasteiger charge is -2.41. The summed E-state index contributed by atoms with van der Waals surface area (Å²) in [5, 5.41) is 12.2. The van der Waals surface area contributed by atoms with Crippen LogP contribution in [0.1, 0.15) is 43.0 Å². The zero-order valence-electron chi connectivity index (χ0n) is 16.7. The third-order valence-electron chi connectivity index (χ3n) is 6.05. The van der Waals surface area contributed by atoms with Gasteiger partial charge in [-0.2, -0.15) is 0 Å². The van der Waals surface area contributed by atoms with Crippen LogP contribution in [-0.2, 0) is 28.9 Å². The Hall–Kier alpha value is -2.25. The fourth-order valence-electron chi connectivity index (χ4n) is 4.46. The molecule has 4 rings (SSSR count). The summed E-state index contributed by atoms with van der Waals surface area (Å²) < 4.78 is 7.95. The maximum atomic E-state index is 13.3. The lowest BCUT2D eigenvalue weighted by molar-refractivity contribution is -0.160. The first-order valence-electron chi connectivity index (χ1n) is 10.1. The van der Waals surface area contributed by atoms with Crippen LogP contribution in [-0.4, -0.2) is 57.9 Å². The van der Waals surface area contributed by atoms with Crippen LogP contribution in [0.2, 0.25) is 0 Å². The van der Waals surface area contributed by atoms with Gasteiger partial charge in [-0.15, -0.1) is 10.2 Å². The second-order valence-electron chi connectivity index (χ2n) is 7.87. The largest absolute Gasteiger partial charge is 0.368 e. The van der Waals surface area contributed by atoms with E-state index in [9.17, 15) is 4.79 Å². The van der Waals surface area contributed by atoms with E-state index in [1.54, 1.807) is 7.11 Å². The summed E-state index contributed by atoms with van der Waals surface area (Å²) in [4.78, 5) is 15.2. The second-order valence-corrected chi connectivity index (χ2v) is 7.87. The minimum atomic E-state index is -0.705. The number of hydrogen-bond acceptors (Lipinski definition) is 5. The van der Waals surface area contributed by atoms with E-state index >= 15 is 0 Å². The van der Waals surface area contributed by atoms with Crippen LogP contribution < -0.4 is 5.32 Å². The van der Waals surface area contributed by atoms with Crippen LogP contribution in [0.4, 0.5) is 0 Å². The van der Waals surface area contributed by atoms with Crippen LogP contribution >= 0.6 is 0 Å². The van der Waals surface area contributed by atoms with E-state index in [4.69, 9.17) is 4.74 Å². The second kappa shape index (κ2) is 8.01. The van der Waals surface area contributed by atoms with Gasteiger partial charge in [0.1, 0.15) is 11.4 Å². The Morgan fingerprint density at radius 3 is 2.68 bits per heavy atom. The number of rotatable bonds is 5. The summed E-state index contributed by atoms with van der Waals surface area (Å²) in [7, 11) is 1.65. The van der Waals surface area contributed by atoms with Gasteiger partial charge in [0.05, 0.1) is 12.6 Å². The zero-order chi connectivity index (χ0) is 19.6. The number of benzene rings is 1. The number of fused-ring (bicyclic) bond motifs is 1. The number of nitrogens with one attached hydrogen (secondary N) is 1. The Balaban J connectivity index is 1.48. The summed E-state index contributed by atoms with van der Waals surface area (Å²) in [6.45, 7) is 4.92. The van der Waals surface area contributed by atoms with Crippen LogP contribution in [0, 0.1) is 0 Å². The van der Waals surface area contributed by atoms with Crippen LogP contribution in [0.3, 0.4) is 0 Å². The molecule has 0 aliphatic carbocycles. The molecular weight excluding hydrogens is 354 g/mol. The molecule has 1 aromatic heterocycles. The molecule has 1 N–H and O–H groups in total. The molecule has 0 spiro atoms. The first-order chi connectivity index (χ1) is 13.6. The van der Waals surface area contributed by atoms with Gasteiger partial charge in [0.2, 0.25) is 0 Å². The van der Waals surface area contributed by atoms with Gasteiger partial charge < -0.3 is 19.5 Å². The molecule has 0 bridgehead atoms. The van der Waals surface area contributed by atoms with Crippen molar-refractivity contribution in [1.82, 2.24) is 25.0 Å². The average Bonchev–Trinajstić information content (AvgIpc) is 3.16. The van der Waals surface area contributed by atoms with E-state index in [0.717, 1.165) is 37.6 Å². The SMILES string of the molecule is COC1(C(=O)N2Cc3nnc(CCc4ccccc4)n3[C@@H](C)C2)CCNCC1. The van der Waals surface area contributed by atoms with Gasteiger partial charge in [0.15, 0.2) is 5.82 Å². The molecule has 0 unspecified atom stereocenters. The molecule has 7 nitrogen and oxygen atoms in total. The maximum absolute atomic E-state index is 13.3. The number of hydrogen-bond donors (Lipinski definition) is 1. The topological polar surface area (TPSA) is 72.3 Å². The molecular formula is C21H29N5O2. The highest BCUT2D eigenvalue weighted by molar-refractivity contribution is 5.85. The first kappa shape index (κ1) is 19.1. The summed E-state index contributed by atoms with van der Waals surface area (Å²) in [5.41, 5.74) is 0.594. The van der Waals surface area contributed by atoms with Gasteiger partial charge in [-0.05, 0) is 44.8 Å². The highest BCUT2D eigenvalue weighted by Gasteiger charge is 2.44. The average molecular weight is 383 g/mol. The Morgan fingerprint density at radius 1 is 1.21 bits per heavy atom. The number of carbonyl (C=O) groups is 1. The third-order valence-corrected chi connectivity index (χ3v) is 6.05. The van der Waals surface area contributed by atoms with Crippen LogP contribution in [0.5, 0.6) is 0 Å². The number of methoxy groups -OCH3 is 1. The Morgan fingerprint density at radius 2 is 1.96 bits per heavy atom. The van der Waals surface area contributed by atoms with Crippen LogP contribution in [0.15, 0.2) is 30.3 Å². The predicted molar refractivity (Wildman–Crippen MR) is 106 cm³/mol. The van der Waals surface area contributed by atoms with E-state index in [0.29, 0.717) is 25.9 Å². The molecule has 2 aliphatic heterocycles. The molecule has 1 atom stereocenters. The monoisotopic (exact) mass is 383 g/mol. The quantitative estimate of drug-likeness (QED) is 0.851. The molecule has 1 fully saturated rings. The standard InChI is InChI=1S/C21H29N5O2/c1-16-14-25(20(27)21(28-2)10-12-22-13-11-21)15-19-24-23-18(26(16)19)9-8-17-6-4-3-5-7-17/h3-7,16,22H,8-15H2,1-2H3/t16-/m0/s1. The van der Waals surface area contributed by atoms with Crippen molar-refractivity contribution in [3.63, 3.8) is 0 Å². The lowest BCUT2D eigenvalue weighted by Crippen LogP contribution is -2.56. The fourth-order valence-corrected chi connectivity index (χ4v) is 4.46. The smallest absolute Gasteiger partial charge is 0.255 e. The normalized spacial score (nSPS) is 21.4. The highest BCUT2D eigenvalue weighted by atomic mass is 16.5. The Labute approximate surface area is 166 Å². The number of piperidine rings is 1. The summed E-state index contributed by atoms with van der Waals surface area (Å²) in [6.07, 6.45) is 3.21. The van der Waals surface area contributed by atoms with Gasteiger partial charge in [-0.25, -0.2) is 0 Å². The van der Waals surface area contributed by atoms with Crippen molar-refractivity contribution in [3.8, 4) is 0 Å². The van der Waals surface area contributed by atoms with E-state index in [2.05, 4.69) is 51.3 Å². The zero-order valence-corrected chi connectivity index (χ0v) is 16.7. The third kappa shape index (κ3) is 3.56. The van der Waals surface area contributed by atoms with Gasteiger partial charge in [-0.1, -0.05) is 30.3 Å². The number of aryl methyl sites for hydroxylation is 2. The molecule has 1 aromatic carbocycles. The number of aromatic nitrogens is 3. The van der Waals surface area contributed by atoms with Gasteiger partial charge in [-0.3, -0.25) is 4.79 Å². The molecule has 0 saturated carbocycles. The first-order valence-corrected chi connectivity index (χ1v) is 10.1. The summed E-state index contributed by atoms with van der Waals surface area (Å²) >= 11 is 0. The molecule has 0 radical (unpaired) electrons. The predicted octanol–water partition coefficient (Wildman–Crippen LogP) is 1.74. The Kier molecular flexibility index (Phi) is 5.46. The van der Waals surface area contributed by atoms with Crippen molar-refractivity contribution in [3.05, 3.63) is 47.5 Å². The van der Waals surface area contributed by atoms with Crippen molar-refractivity contribution in [2.75, 3.05) is 26.7 Å². The van der Waals surface area contributed by atoms with Crippen molar-refractivity contribution >= 4 is 5.91 Å². The Bertz CT molecular complexity index is 813. The van der Waals surface area contributed by atoms with Gasteiger partial charge in [0, 0.05) is 20.1 Å². The number of nitrogens with zero attached hydrogens (tertiary/aromatic N) is 4. The van der Waals surface area contributed by atoms with Gasteiger partial charge >= 0.3 is 0 Å². The minimum Gasteiger partial charge on any atom is -0.368 e. The highest BCUT2D eigenvalue weighted by Crippen LogP contribution is 2.29. The van der Waals surface area contributed by atoms with E-state index in [-0.39, 0.29) is 11.9 Å². The molecule has 28 heavy (non-hydrogen) atoms. The summed E-state index contributed by atoms with van der Waals surface area (Å²) in [5.74, 6) is 1.96. The summed E-state index contributed by atoms with van der Waals surface area (Å²) in [6, 6.07) is 10.6. The minimum absolute atomic E-state index is 0.0865. The molecule has 2 aromatic rings. The molecule has 150 valence electrons. The molecule has 7 heteroatoms. The molecule has 1 saturated heterocycles. The molecule has 1 amide bonds. The van der Waals surface area contributed by atoms with Gasteiger partial charge in [0.25, 0.3) is 5.91 Å². The maximum Gasteiger partial charge on any atom is 0.255 e. The number of ether oxygens (including phenoxy) is 1. The van der Waals surface area contributed by atoms with E-state index < -0.39 is 5.60 Å².